The molecule has 0 aliphatic heterocycles. The standard InChI is InChI=1S/C13H14F2N2O3/c1-16(7-8-3-2-4-8)13(18)9-5-11(15)12(17(19)20)6-10(9)14/h5-6,8H,2-4,7H2,1H3. The van der Waals surface area contributed by atoms with E-state index in [1.165, 1.54) is 11.9 Å². The van der Waals surface area contributed by atoms with Gasteiger partial charge in [0.2, 0.25) is 5.82 Å². The van der Waals surface area contributed by atoms with Gasteiger partial charge in [-0.3, -0.25) is 14.9 Å². The van der Waals surface area contributed by atoms with Crippen LogP contribution in [0.2, 0.25) is 0 Å². The van der Waals surface area contributed by atoms with E-state index in [1.54, 1.807) is 0 Å². The van der Waals surface area contributed by atoms with Gasteiger partial charge in [-0.05, 0) is 24.8 Å². The van der Waals surface area contributed by atoms with E-state index in [0.29, 0.717) is 24.6 Å². The maximum Gasteiger partial charge on any atom is 0.307 e. The molecule has 2 rings (SSSR count). The fourth-order valence-corrected chi connectivity index (χ4v) is 2.19. The number of nitrogens with zero attached hydrogens (tertiary/aromatic N) is 2. The summed E-state index contributed by atoms with van der Waals surface area (Å²) in [7, 11) is 1.51. The highest BCUT2D eigenvalue weighted by molar-refractivity contribution is 5.94. The van der Waals surface area contributed by atoms with Crippen molar-refractivity contribution < 1.29 is 18.5 Å². The van der Waals surface area contributed by atoms with Gasteiger partial charge in [0, 0.05) is 13.6 Å². The van der Waals surface area contributed by atoms with Gasteiger partial charge in [-0.15, -0.1) is 0 Å². The van der Waals surface area contributed by atoms with Gasteiger partial charge < -0.3 is 4.90 Å². The van der Waals surface area contributed by atoms with Crippen molar-refractivity contribution in [3.05, 3.63) is 39.4 Å². The molecule has 0 radical (unpaired) electrons. The van der Waals surface area contributed by atoms with Gasteiger partial charge in [0.25, 0.3) is 5.91 Å². The first-order valence-corrected chi connectivity index (χ1v) is 6.29. The average molecular weight is 284 g/mol. The fourth-order valence-electron chi connectivity index (χ4n) is 2.19. The molecule has 0 aromatic heterocycles. The Bertz CT molecular complexity index is 559. The van der Waals surface area contributed by atoms with Gasteiger partial charge >= 0.3 is 5.69 Å². The number of amides is 1. The van der Waals surface area contributed by atoms with Crippen LogP contribution in [0.3, 0.4) is 0 Å². The molecular weight excluding hydrogens is 270 g/mol. The Morgan fingerprint density at radius 3 is 2.55 bits per heavy atom. The number of rotatable bonds is 4. The van der Waals surface area contributed by atoms with E-state index < -0.39 is 33.7 Å². The lowest BCUT2D eigenvalue weighted by atomic mass is 9.85. The summed E-state index contributed by atoms with van der Waals surface area (Å²) in [6, 6.07) is 1.03. The van der Waals surface area contributed by atoms with E-state index in [4.69, 9.17) is 0 Å². The zero-order valence-corrected chi connectivity index (χ0v) is 10.9. The number of nitro benzene ring substituents is 1. The molecule has 1 amide bonds. The second kappa shape index (κ2) is 5.52. The molecule has 0 atom stereocenters. The minimum atomic E-state index is -1.21. The first-order valence-electron chi connectivity index (χ1n) is 6.29. The lowest BCUT2D eigenvalue weighted by Crippen LogP contribution is -2.34. The summed E-state index contributed by atoms with van der Waals surface area (Å²) in [5, 5.41) is 10.5. The van der Waals surface area contributed by atoms with E-state index in [0.717, 1.165) is 19.3 Å². The number of nitro groups is 1. The summed E-state index contributed by atoms with van der Waals surface area (Å²) >= 11 is 0. The highest BCUT2D eigenvalue weighted by atomic mass is 19.1. The van der Waals surface area contributed by atoms with Crippen molar-refractivity contribution in [1.29, 1.82) is 0 Å². The zero-order valence-electron chi connectivity index (χ0n) is 10.9. The molecule has 5 nitrogen and oxygen atoms in total. The minimum absolute atomic E-state index is 0.398. The van der Waals surface area contributed by atoms with Gasteiger partial charge in [-0.1, -0.05) is 6.42 Å². The minimum Gasteiger partial charge on any atom is -0.341 e. The van der Waals surface area contributed by atoms with Crippen LogP contribution >= 0.6 is 0 Å². The highest BCUT2D eigenvalue weighted by Crippen LogP contribution is 2.28. The summed E-state index contributed by atoms with van der Waals surface area (Å²) in [4.78, 5) is 22.8. The Morgan fingerprint density at radius 2 is 2.05 bits per heavy atom. The SMILES string of the molecule is CN(CC1CCC1)C(=O)c1cc(F)c([N+](=O)[O-])cc1F. The molecule has 0 N–H and O–H groups in total. The van der Waals surface area contributed by atoms with Crippen molar-refractivity contribution in [2.75, 3.05) is 13.6 Å². The molecule has 0 bridgehead atoms. The van der Waals surface area contributed by atoms with Gasteiger partial charge in [-0.25, -0.2) is 4.39 Å². The van der Waals surface area contributed by atoms with Gasteiger partial charge in [0.05, 0.1) is 16.6 Å². The van der Waals surface area contributed by atoms with Crippen molar-refractivity contribution in [3.8, 4) is 0 Å². The van der Waals surface area contributed by atoms with Crippen molar-refractivity contribution in [3.63, 3.8) is 0 Å². The fraction of sp³-hybridized carbons (Fsp3) is 0.462. The van der Waals surface area contributed by atoms with Crippen molar-refractivity contribution in [2.24, 2.45) is 5.92 Å². The van der Waals surface area contributed by atoms with Crippen LogP contribution in [0.4, 0.5) is 14.5 Å². The Balaban J connectivity index is 2.20. The van der Waals surface area contributed by atoms with E-state index >= 15 is 0 Å². The predicted octanol–water partition coefficient (Wildman–Crippen LogP) is 2.75. The summed E-state index contributed by atoms with van der Waals surface area (Å²) in [6.07, 6.45) is 3.16. The lowest BCUT2D eigenvalue weighted by Gasteiger charge is -2.30. The highest BCUT2D eigenvalue weighted by Gasteiger charge is 2.26. The quantitative estimate of drug-likeness (QED) is 0.631. The summed E-state index contributed by atoms with van der Waals surface area (Å²) in [5.41, 5.74) is -1.45. The van der Waals surface area contributed by atoms with Crippen LogP contribution in [0.5, 0.6) is 0 Å². The maximum atomic E-state index is 13.7. The Labute approximate surface area is 114 Å². The molecule has 1 aliphatic carbocycles. The predicted molar refractivity (Wildman–Crippen MR) is 67.3 cm³/mol. The first kappa shape index (κ1) is 14.4. The third-order valence-electron chi connectivity index (χ3n) is 3.57. The smallest absolute Gasteiger partial charge is 0.307 e. The van der Waals surface area contributed by atoms with Crippen LogP contribution in [0.1, 0.15) is 29.6 Å². The number of benzene rings is 1. The van der Waals surface area contributed by atoms with Crippen LogP contribution in [-0.2, 0) is 0 Å². The molecule has 20 heavy (non-hydrogen) atoms. The van der Waals surface area contributed by atoms with Crippen LogP contribution < -0.4 is 0 Å². The molecule has 7 heteroatoms. The Hall–Kier alpha value is -2.05. The van der Waals surface area contributed by atoms with Gasteiger partial charge in [0.1, 0.15) is 5.82 Å². The van der Waals surface area contributed by atoms with Gasteiger partial charge in [-0.2, -0.15) is 4.39 Å². The second-order valence-electron chi connectivity index (χ2n) is 5.02. The number of hydrogen-bond donors (Lipinski definition) is 0. The number of hydrogen-bond acceptors (Lipinski definition) is 3. The maximum absolute atomic E-state index is 13.7. The Morgan fingerprint density at radius 1 is 1.40 bits per heavy atom. The van der Waals surface area contributed by atoms with E-state index in [1.807, 2.05) is 0 Å². The van der Waals surface area contributed by atoms with E-state index in [2.05, 4.69) is 0 Å². The normalized spacial score (nSPS) is 14.8. The van der Waals surface area contributed by atoms with Crippen LogP contribution in [-0.4, -0.2) is 29.3 Å². The summed E-state index contributed by atoms with van der Waals surface area (Å²) in [6.45, 7) is 0.483. The van der Waals surface area contributed by atoms with Crippen molar-refractivity contribution in [2.45, 2.75) is 19.3 Å². The third kappa shape index (κ3) is 2.76. The van der Waals surface area contributed by atoms with Gasteiger partial charge in [0.15, 0.2) is 0 Å². The van der Waals surface area contributed by atoms with Crippen molar-refractivity contribution in [1.82, 2.24) is 4.90 Å². The first-order chi connectivity index (χ1) is 9.40. The molecule has 1 aromatic carbocycles. The van der Waals surface area contributed by atoms with Crippen LogP contribution in [0, 0.1) is 27.7 Å². The molecule has 0 spiro atoms. The number of carbonyl (C=O) groups excluding carboxylic acids is 1. The molecule has 1 aromatic rings. The summed E-state index contributed by atoms with van der Waals surface area (Å²) in [5.74, 6) is -2.56. The van der Waals surface area contributed by atoms with Crippen LogP contribution in [0.25, 0.3) is 0 Å². The van der Waals surface area contributed by atoms with E-state index in [9.17, 15) is 23.7 Å². The summed E-state index contributed by atoms with van der Waals surface area (Å²) < 4.78 is 27.2. The Kier molecular flexibility index (Phi) is 3.96. The van der Waals surface area contributed by atoms with Crippen molar-refractivity contribution >= 4 is 11.6 Å². The molecule has 1 fully saturated rings. The topological polar surface area (TPSA) is 63.5 Å². The molecular formula is C13H14F2N2O3. The van der Waals surface area contributed by atoms with Crippen LogP contribution in [0.15, 0.2) is 12.1 Å². The second-order valence-corrected chi connectivity index (χ2v) is 5.02. The average Bonchev–Trinajstić information content (AvgIpc) is 2.34. The van der Waals surface area contributed by atoms with E-state index in [-0.39, 0.29) is 0 Å². The largest absolute Gasteiger partial charge is 0.341 e. The zero-order chi connectivity index (χ0) is 14.9. The molecule has 0 unspecified atom stereocenters. The molecule has 1 aliphatic rings. The number of carbonyl (C=O) groups is 1. The molecule has 0 heterocycles. The molecule has 1 saturated carbocycles. The lowest BCUT2D eigenvalue weighted by molar-refractivity contribution is -0.387. The molecule has 0 saturated heterocycles. The third-order valence-corrected chi connectivity index (χ3v) is 3.57. The number of halogens is 2. The molecule has 108 valence electrons. The monoisotopic (exact) mass is 284 g/mol.